The highest BCUT2D eigenvalue weighted by molar-refractivity contribution is 5.33. The van der Waals surface area contributed by atoms with Gasteiger partial charge >= 0.3 is 0 Å². The summed E-state index contributed by atoms with van der Waals surface area (Å²) in [7, 11) is 0. The molecule has 1 heterocycles. The molecule has 2 nitrogen and oxygen atoms in total. The monoisotopic (exact) mass is 149 g/mol. The van der Waals surface area contributed by atoms with Crippen molar-refractivity contribution in [3.8, 4) is 0 Å². The van der Waals surface area contributed by atoms with Crippen LogP contribution in [-0.2, 0) is 0 Å². The number of hydrogen-bond donors (Lipinski definition) is 1. The lowest BCUT2D eigenvalue weighted by molar-refractivity contribution is 0.174. The van der Waals surface area contributed by atoms with Crippen LogP contribution in [0.5, 0.6) is 0 Å². The smallest absolute Gasteiger partial charge is 0.0799 e. The van der Waals surface area contributed by atoms with Gasteiger partial charge in [0.2, 0.25) is 0 Å². The van der Waals surface area contributed by atoms with Gasteiger partial charge in [0.1, 0.15) is 0 Å². The molecular weight excluding hydrogens is 138 g/mol. The fourth-order valence-electron chi connectivity index (χ4n) is 1.72. The minimum absolute atomic E-state index is 0.261. The van der Waals surface area contributed by atoms with E-state index >= 15 is 0 Å². The second-order valence-corrected chi connectivity index (χ2v) is 3.16. The van der Waals surface area contributed by atoms with Crippen molar-refractivity contribution in [1.29, 1.82) is 0 Å². The van der Waals surface area contributed by atoms with Gasteiger partial charge in [0.15, 0.2) is 0 Å². The standard InChI is InChI=1S/C9H11NO/c1-6-4-9(11)7-2-3-10-5-8(6)7/h2-3,5-6,9,11H,4H2,1H3/t6-,9-/m0/s1. The summed E-state index contributed by atoms with van der Waals surface area (Å²) in [6.45, 7) is 2.12. The molecule has 0 aromatic carbocycles. The molecule has 1 aliphatic rings. The predicted octanol–water partition coefficient (Wildman–Crippen LogP) is 1.62. The summed E-state index contributed by atoms with van der Waals surface area (Å²) in [5.41, 5.74) is 2.27. The fourth-order valence-corrected chi connectivity index (χ4v) is 1.72. The second kappa shape index (κ2) is 2.31. The third kappa shape index (κ3) is 0.942. The van der Waals surface area contributed by atoms with Gasteiger partial charge < -0.3 is 5.11 Å². The Balaban J connectivity index is 2.52. The van der Waals surface area contributed by atoms with Crippen molar-refractivity contribution in [1.82, 2.24) is 4.98 Å². The third-order valence-electron chi connectivity index (χ3n) is 2.35. The van der Waals surface area contributed by atoms with Gasteiger partial charge in [-0.15, -0.1) is 0 Å². The molecule has 0 fully saturated rings. The van der Waals surface area contributed by atoms with Crippen LogP contribution >= 0.6 is 0 Å². The molecule has 2 heteroatoms. The van der Waals surface area contributed by atoms with E-state index in [1.807, 2.05) is 12.3 Å². The maximum atomic E-state index is 9.52. The van der Waals surface area contributed by atoms with Crippen molar-refractivity contribution in [3.05, 3.63) is 29.6 Å². The molecule has 1 aliphatic carbocycles. The molecule has 0 aliphatic heterocycles. The molecule has 1 N–H and O–H groups in total. The molecule has 0 saturated heterocycles. The van der Waals surface area contributed by atoms with Gasteiger partial charge in [-0.1, -0.05) is 6.92 Å². The van der Waals surface area contributed by atoms with Crippen molar-refractivity contribution in [2.75, 3.05) is 0 Å². The van der Waals surface area contributed by atoms with Crippen LogP contribution in [0.15, 0.2) is 18.5 Å². The minimum Gasteiger partial charge on any atom is -0.388 e. The Labute approximate surface area is 65.9 Å². The molecule has 0 spiro atoms. The average Bonchev–Trinajstić information content (AvgIpc) is 2.30. The first-order valence-corrected chi connectivity index (χ1v) is 3.91. The lowest BCUT2D eigenvalue weighted by Crippen LogP contribution is -1.89. The first-order valence-electron chi connectivity index (χ1n) is 3.91. The molecule has 0 unspecified atom stereocenters. The van der Waals surface area contributed by atoms with Crippen LogP contribution in [0.1, 0.15) is 36.5 Å². The normalized spacial score (nSPS) is 28.5. The molecule has 0 radical (unpaired) electrons. The molecule has 0 amide bonds. The van der Waals surface area contributed by atoms with E-state index in [0.29, 0.717) is 5.92 Å². The topological polar surface area (TPSA) is 33.1 Å². The van der Waals surface area contributed by atoms with E-state index in [0.717, 1.165) is 12.0 Å². The average molecular weight is 149 g/mol. The summed E-state index contributed by atoms with van der Waals surface area (Å²) < 4.78 is 0. The van der Waals surface area contributed by atoms with E-state index in [4.69, 9.17) is 0 Å². The van der Waals surface area contributed by atoms with Crippen LogP contribution in [0, 0.1) is 0 Å². The largest absolute Gasteiger partial charge is 0.388 e. The molecule has 0 saturated carbocycles. The van der Waals surface area contributed by atoms with E-state index in [1.165, 1.54) is 5.56 Å². The van der Waals surface area contributed by atoms with Gasteiger partial charge in [-0.05, 0) is 29.5 Å². The Morgan fingerprint density at radius 3 is 3.09 bits per heavy atom. The quantitative estimate of drug-likeness (QED) is 0.608. The van der Waals surface area contributed by atoms with Crippen molar-refractivity contribution in [2.45, 2.75) is 25.4 Å². The van der Waals surface area contributed by atoms with Gasteiger partial charge in [-0.25, -0.2) is 0 Å². The maximum absolute atomic E-state index is 9.52. The van der Waals surface area contributed by atoms with E-state index in [9.17, 15) is 5.11 Å². The van der Waals surface area contributed by atoms with Gasteiger partial charge in [0, 0.05) is 12.4 Å². The number of pyridine rings is 1. The van der Waals surface area contributed by atoms with Gasteiger partial charge in [-0.3, -0.25) is 4.98 Å². The first-order chi connectivity index (χ1) is 5.29. The number of rotatable bonds is 0. The molecule has 0 bridgehead atoms. The van der Waals surface area contributed by atoms with Crippen molar-refractivity contribution in [3.63, 3.8) is 0 Å². The van der Waals surface area contributed by atoms with Crippen LogP contribution in [0.2, 0.25) is 0 Å². The van der Waals surface area contributed by atoms with Crippen molar-refractivity contribution >= 4 is 0 Å². The number of hydrogen-bond acceptors (Lipinski definition) is 2. The highest BCUT2D eigenvalue weighted by Gasteiger charge is 2.25. The van der Waals surface area contributed by atoms with Gasteiger partial charge in [0.25, 0.3) is 0 Å². The van der Waals surface area contributed by atoms with E-state index < -0.39 is 0 Å². The van der Waals surface area contributed by atoms with Crippen LogP contribution < -0.4 is 0 Å². The molecule has 1 aromatic heterocycles. The van der Waals surface area contributed by atoms with Crippen molar-refractivity contribution < 1.29 is 5.11 Å². The highest BCUT2D eigenvalue weighted by Crippen LogP contribution is 2.38. The summed E-state index contributed by atoms with van der Waals surface area (Å²) >= 11 is 0. The summed E-state index contributed by atoms with van der Waals surface area (Å²) in [6, 6.07) is 1.91. The Kier molecular flexibility index (Phi) is 1.43. The summed E-state index contributed by atoms with van der Waals surface area (Å²) in [6.07, 6.45) is 4.18. The molecule has 2 rings (SSSR count). The van der Waals surface area contributed by atoms with Crippen molar-refractivity contribution in [2.24, 2.45) is 0 Å². The fraction of sp³-hybridized carbons (Fsp3) is 0.444. The van der Waals surface area contributed by atoms with E-state index in [1.54, 1.807) is 6.20 Å². The maximum Gasteiger partial charge on any atom is 0.0799 e. The van der Waals surface area contributed by atoms with Crippen LogP contribution in [0.3, 0.4) is 0 Å². The molecular formula is C9H11NO. The highest BCUT2D eigenvalue weighted by atomic mass is 16.3. The van der Waals surface area contributed by atoms with Crippen LogP contribution in [-0.4, -0.2) is 10.1 Å². The minimum atomic E-state index is -0.261. The van der Waals surface area contributed by atoms with Gasteiger partial charge in [0.05, 0.1) is 6.10 Å². The van der Waals surface area contributed by atoms with Gasteiger partial charge in [-0.2, -0.15) is 0 Å². The number of aromatic nitrogens is 1. The lowest BCUT2D eigenvalue weighted by Gasteiger charge is -2.00. The van der Waals surface area contributed by atoms with Crippen LogP contribution in [0.25, 0.3) is 0 Å². The third-order valence-corrected chi connectivity index (χ3v) is 2.35. The summed E-state index contributed by atoms with van der Waals surface area (Å²) in [5, 5.41) is 9.52. The zero-order chi connectivity index (χ0) is 7.84. The van der Waals surface area contributed by atoms with Crippen LogP contribution in [0.4, 0.5) is 0 Å². The molecule has 58 valence electrons. The van der Waals surface area contributed by atoms with E-state index in [-0.39, 0.29) is 6.10 Å². The lowest BCUT2D eigenvalue weighted by atomic mass is 10.1. The number of fused-ring (bicyclic) bond motifs is 1. The number of aliphatic hydroxyl groups excluding tert-OH is 1. The SMILES string of the molecule is C[C@H]1C[C@H](O)c2ccncc21. The number of aliphatic hydroxyl groups is 1. The molecule has 2 atom stereocenters. The summed E-state index contributed by atoms with van der Waals surface area (Å²) in [4.78, 5) is 4.03. The predicted molar refractivity (Wildman–Crippen MR) is 42.2 cm³/mol. The Hall–Kier alpha value is -0.890. The Bertz CT molecular complexity index is 245. The zero-order valence-electron chi connectivity index (χ0n) is 6.49. The second-order valence-electron chi connectivity index (χ2n) is 3.16. The first kappa shape index (κ1) is 6.80. The zero-order valence-corrected chi connectivity index (χ0v) is 6.49. The Morgan fingerprint density at radius 1 is 1.55 bits per heavy atom. The number of nitrogens with zero attached hydrogens (tertiary/aromatic N) is 1. The Morgan fingerprint density at radius 2 is 2.36 bits per heavy atom. The molecule has 11 heavy (non-hydrogen) atoms. The van der Waals surface area contributed by atoms with E-state index in [2.05, 4.69) is 11.9 Å². The summed E-state index contributed by atoms with van der Waals surface area (Å²) in [5.74, 6) is 0.466. The molecule has 1 aromatic rings.